The lowest BCUT2D eigenvalue weighted by Crippen LogP contribution is -2.64. The van der Waals surface area contributed by atoms with Crippen LogP contribution in [-0.4, -0.2) is 47.9 Å². The fourth-order valence-corrected chi connectivity index (χ4v) is 2.68. The van der Waals surface area contributed by atoms with Gasteiger partial charge in [0.1, 0.15) is 5.54 Å². The highest BCUT2D eigenvalue weighted by atomic mass is 16.2. The number of amides is 2. The van der Waals surface area contributed by atoms with Gasteiger partial charge in [0.2, 0.25) is 11.8 Å². The molecule has 2 N–H and O–H groups in total. The molecule has 2 saturated heterocycles. The van der Waals surface area contributed by atoms with Crippen molar-refractivity contribution >= 4 is 11.8 Å². The largest absolute Gasteiger partial charge is 0.352 e. The Morgan fingerprint density at radius 1 is 1.41 bits per heavy atom. The monoisotopic (exact) mass is 239 g/mol. The summed E-state index contributed by atoms with van der Waals surface area (Å²) in [7, 11) is 0. The molecule has 0 bridgehead atoms. The molecule has 2 aliphatic heterocycles. The average Bonchev–Trinajstić information content (AvgIpc) is 2.68. The molecule has 2 heterocycles. The molecule has 2 atom stereocenters. The number of hydrogen-bond acceptors (Lipinski definition) is 3. The standard InChI is InChI=1S/C12H21N3O2/c1-8-9(4-5-13-8)10(16)15-7-6-14-11(17)12(15,2)3/h8-9,13H,4-7H2,1-3H3,(H,14,17). The van der Waals surface area contributed by atoms with Gasteiger partial charge in [-0.2, -0.15) is 0 Å². The quantitative estimate of drug-likeness (QED) is 0.661. The molecule has 2 fully saturated rings. The number of hydrogen-bond donors (Lipinski definition) is 2. The lowest BCUT2D eigenvalue weighted by molar-refractivity contribution is -0.152. The van der Waals surface area contributed by atoms with E-state index in [1.807, 2.05) is 20.8 Å². The minimum absolute atomic E-state index is 0.0141. The molecule has 2 rings (SSSR count). The molecule has 5 nitrogen and oxygen atoms in total. The van der Waals surface area contributed by atoms with Crippen LogP contribution in [0.5, 0.6) is 0 Å². The summed E-state index contributed by atoms with van der Waals surface area (Å²) in [6.45, 7) is 7.72. The van der Waals surface area contributed by atoms with E-state index in [0.717, 1.165) is 13.0 Å². The first-order chi connectivity index (χ1) is 7.94. The maximum absolute atomic E-state index is 12.5. The molecule has 2 amide bonds. The molecule has 0 aliphatic carbocycles. The third-order valence-electron chi connectivity index (χ3n) is 3.96. The number of nitrogens with one attached hydrogen (secondary N) is 2. The van der Waals surface area contributed by atoms with Gasteiger partial charge in [0.25, 0.3) is 0 Å². The maximum Gasteiger partial charge on any atom is 0.245 e. The van der Waals surface area contributed by atoms with Gasteiger partial charge in [-0.3, -0.25) is 9.59 Å². The Bertz CT molecular complexity index is 341. The van der Waals surface area contributed by atoms with Crippen LogP contribution in [-0.2, 0) is 9.59 Å². The van der Waals surface area contributed by atoms with Gasteiger partial charge in [-0.25, -0.2) is 0 Å². The molecule has 0 spiro atoms. The Labute approximate surface area is 102 Å². The van der Waals surface area contributed by atoms with Gasteiger partial charge in [-0.05, 0) is 33.7 Å². The average molecular weight is 239 g/mol. The van der Waals surface area contributed by atoms with Crippen LogP contribution < -0.4 is 10.6 Å². The van der Waals surface area contributed by atoms with E-state index in [9.17, 15) is 9.59 Å². The highest BCUT2D eigenvalue weighted by Gasteiger charge is 2.44. The fourth-order valence-electron chi connectivity index (χ4n) is 2.68. The molecule has 2 aliphatic rings. The van der Waals surface area contributed by atoms with E-state index < -0.39 is 5.54 Å². The first-order valence-corrected chi connectivity index (χ1v) is 6.28. The minimum Gasteiger partial charge on any atom is -0.352 e. The zero-order valence-electron chi connectivity index (χ0n) is 10.7. The normalized spacial score (nSPS) is 32.4. The molecule has 0 aromatic rings. The molecular weight excluding hydrogens is 218 g/mol. The van der Waals surface area contributed by atoms with Gasteiger partial charge in [-0.1, -0.05) is 0 Å². The van der Waals surface area contributed by atoms with Crippen molar-refractivity contribution in [2.75, 3.05) is 19.6 Å². The second-order valence-corrected chi connectivity index (χ2v) is 5.44. The maximum atomic E-state index is 12.5. The predicted molar refractivity (Wildman–Crippen MR) is 64.4 cm³/mol. The van der Waals surface area contributed by atoms with Crippen molar-refractivity contribution in [3.8, 4) is 0 Å². The van der Waals surface area contributed by atoms with E-state index in [-0.39, 0.29) is 23.8 Å². The first-order valence-electron chi connectivity index (χ1n) is 6.28. The van der Waals surface area contributed by atoms with Crippen molar-refractivity contribution < 1.29 is 9.59 Å². The Kier molecular flexibility index (Phi) is 3.12. The summed E-state index contributed by atoms with van der Waals surface area (Å²) >= 11 is 0. The van der Waals surface area contributed by atoms with Crippen molar-refractivity contribution in [2.45, 2.75) is 38.8 Å². The van der Waals surface area contributed by atoms with Gasteiger partial charge >= 0.3 is 0 Å². The second-order valence-electron chi connectivity index (χ2n) is 5.44. The van der Waals surface area contributed by atoms with Crippen molar-refractivity contribution in [2.24, 2.45) is 5.92 Å². The Hall–Kier alpha value is -1.10. The van der Waals surface area contributed by atoms with Gasteiger partial charge in [0, 0.05) is 19.1 Å². The molecule has 5 heteroatoms. The molecule has 0 aromatic carbocycles. The molecule has 0 saturated carbocycles. The Morgan fingerprint density at radius 3 is 2.71 bits per heavy atom. The van der Waals surface area contributed by atoms with Crippen LogP contribution >= 0.6 is 0 Å². The topological polar surface area (TPSA) is 61.4 Å². The van der Waals surface area contributed by atoms with Crippen LogP contribution in [0.2, 0.25) is 0 Å². The zero-order valence-corrected chi connectivity index (χ0v) is 10.7. The van der Waals surface area contributed by atoms with Gasteiger partial charge < -0.3 is 15.5 Å². The lowest BCUT2D eigenvalue weighted by atomic mass is 9.93. The summed E-state index contributed by atoms with van der Waals surface area (Å²) in [4.78, 5) is 26.0. The smallest absolute Gasteiger partial charge is 0.245 e. The summed E-state index contributed by atoms with van der Waals surface area (Å²) < 4.78 is 0. The van der Waals surface area contributed by atoms with Crippen molar-refractivity contribution in [1.29, 1.82) is 0 Å². The zero-order chi connectivity index (χ0) is 12.6. The molecule has 96 valence electrons. The highest BCUT2D eigenvalue weighted by molar-refractivity contribution is 5.92. The molecule has 0 radical (unpaired) electrons. The fraction of sp³-hybridized carbons (Fsp3) is 0.833. The third kappa shape index (κ3) is 2.04. The molecule has 0 aromatic heterocycles. The van der Waals surface area contributed by atoms with E-state index in [1.165, 1.54) is 0 Å². The van der Waals surface area contributed by atoms with Gasteiger partial charge in [0.15, 0.2) is 0 Å². The van der Waals surface area contributed by atoms with E-state index in [2.05, 4.69) is 10.6 Å². The van der Waals surface area contributed by atoms with Crippen LogP contribution in [0.25, 0.3) is 0 Å². The predicted octanol–water partition coefficient (Wildman–Crippen LogP) is -0.279. The van der Waals surface area contributed by atoms with Gasteiger partial charge in [-0.15, -0.1) is 0 Å². The van der Waals surface area contributed by atoms with Crippen LogP contribution in [0, 0.1) is 5.92 Å². The number of rotatable bonds is 1. The summed E-state index contributed by atoms with van der Waals surface area (Å²) in [5.74, 6) is 0.0678. The number of carbonyl (C=O) groups is 2. The van der Waals surface area contributed by atoms with Crippen LogP contribution in [0.1, 0.15) is 27.2 Å². The summed E-state index contributed by atoms with van der Waals surface area (Å²) in [6.07, 6.45) is 0.869. The second kappa shape index (κ2) is 4.29. The minimum atomic E-state index is -0.725. The first kappa shape index (κ1) is 12.4. The lowest BCUT2D eigenvalue weighted by Gasteiger charge is -2.42. The Balaban J connectivity index is 2.15. The Morgan fingerprint density at radius 2 is 2.12 bits per heavy atom. The molecule has 2 unspecified atom stereocenters. The SMILES string of the molecule is CC1NCCC1C(=O)N1CCNC(=O)C1(C)C. The van der Waals surface area contributed by atoms with Crippen molar-refractivity contribution in [3.05, 3.63) is 0 Å². The molecular formula is C12H21N3O2. The van der Waals surface area contributed by atoms with E-state index in [0.29, 0.717) is 13.1 Å². The van der Waals surface area contributed by atoms with E-state index >= 15 is 0 Å². The summed E-state index contributed by atoms with van der Waals surface area (Å²) in [5.41, 5.74) is -0.725. The van der Waals surface area contributed by atoms with Crippen LogP contribution in [0.15, 0.2) is 0 Å². The number of carbonyl (C=O) groups excluding carboxylic acids is 2. The highest BCUT2D eigenvalue weighted by Crippen LogP contribution is 2.25. The van der Waals surface area contributed by atoms with E-state index in [4.69, 9.17) is 0 Å². The molecule has 17 heavy (non-hydrogen) atoms. The third-order valence-corrected chi connectivity index (χ3v) is 3.96. The number of nitrogens with zero attached hydrogens (tertiary/aromatic N) is 1. The van der Waals surface area contributed by atoms with Gasteiger partial charge in [0.05, 0.1) is 5.92 Å². The van der Waals surface area contributed by atoms with Crippen molar-refractivity contribution in [1.82, 2.24) is 15.5 Å². The van der Waals surface area contributed by atoms with Crippen molar-refractivity contribution in [3.63, 3.8) is 0 Å². The summed E-state index contributed by atoms with van der Waals surface area (Å²) in [5, 5.41) is 6.09. The van der Waals surface area contributed by atoms with E-state index in [1.54, 1.807) is 4.90 Å². The summed E-state index contributed by atoms with van der Waals surface area (Å²) in [6, 6.07) is 0.211. The van der Waals surface area contributed by atoms with Crippen LogP contribution in [0.4, 0.5) is 0 Å². The van der Waals surface area contributed by atoms with Crippen LogP contribution in [0.3, 0.4) is 0 Å². The number of piperazine rings is 1.